The predicted molar refractivity (Wildman–Crippen MR) is 200 cm³/mol. The van der Waals surface area contributed by atoms with Gasteiger partial charge in [-0.3, -0.25) is 9.69 Å². The van der Waals surface area contributed by atoms with Gasteiger partial charge >= 0.3 is 6.03 Å². The van der Waals surface area contributed by atoms with E-state index in [4.69, 9.17) is 9.47 Å². The summed E-state index contributed by atoms with van der Waals surface area (Å²) in [7, 11) is 0. The van der Waals surface area contributed by atoms with E-state index in [1.807, 2.05) is 70.2 Å². The van der Waals surface area contributed by atoms with Gasteiger partial charge < -0.3 is 30.5 Å². The first-order chi connectivity index (χ1) is 24.6. The zero-order chi connectivity index (χ0) is 36.0. The van der Waals surface area contributed by atoms with Crippen LogP contribution in [-0.2, 0) is 27.4 Å². The van der Waals surface area contributed by atoms with Crippen LogP contribution in [0.4, 0.5) is 4.79 Å². The van der Waals surface area contributed by atoms with Crippen LogP contribution in [0.2, 0.25) is 0 Å². The van der Waals surface area contributed by atoms with Crippen LogP contribution < -0.4 is 16.0 Å². The molecule has 274 valence electrons. The molecule has 0 bridgehead atoms. The minimum atomic E-state index is -0.594. The Morgan fingerprint density at radius 1 is 0.863 bits per heavy atom. The summed E-state index contributed by atoms with van der Waals surface area (Å²) in [5.74, 6) is 0.727. The minimum absolute atomic E-state index is 0.00677. The quantitative estimate of drug-likeness (QED) is 0.179. The lowest BCUT2D eigenvalue weighted by atomic mass is 9.75. The van der Waals surface area contributed by atoms with Crippen molar-refractivity contribution in [3.8, 4) is 11.1 Å². The molecule has 9 heteroatoms. The van der Waals surface area contributed by atoms with Crippen molar-refractivity contribution in [3.05, 3.63) is 95.1 Å². The van der Waals surface area contributed by atoms with Crippen LogP contribution in [0.5, 0.6) is 0 Å². The van der Waals surface area contributed by atoms with Crippen LogP contribution in [0.15, 0.2) is 72.8 Å². The van der Waals surface area contributed by atoms with E-state index in [0.717, 1.165) is 52.6 Å². The van der Waals surface area contributed by atoms with Crippen LogP contribution in [0.1, 0.15) is 107 Å². The summed E-state index contributed by atoms with van der Waals surface area (Å²) in [5.41, 5.74) is 5.66. The maximum Gasteiger partial charge on any atom is 0.315 e. The molecule has 0 spiro atoms. The number of amides is 3. The number of piperidine rings is 1. The van der Waals surface area contributed by atoms with Crippen molar-refractivity contribution in [2.45, 2.75) is 122 Å². The first-order valence-electron chi connectivity index (χ1n) is 18.9. The van der Waals surface area contributed by atoms with Gasteiger partial charge in [0.1, 0.15) is 0 Å². The van der Waals surface area contributed by atoms with Crippen LogP contribution >= 0.6 is 0 Å². The molecule has 2 heterocycles. The highest BCUT2D eigenvalue weighted by Crippen LogP contribution is 2.42. The van der Waals surface area contributed by atoms with Gasteiger partial charge in [0.2, 0.25) is 5.91 Å². The van der Waals surface area contributed by atoms with Gasteiger partial charge in [-0.25, -0.2) is 4.79 Å². The molecule has 0 radical (unpaired) electrons. The van der Waals surface area contributed by atoms with E-state index < -0.39 is 6.29 Å². The lowest BCUT2D eigenvalue weighted by Crippen LogP contribution is -2.61. The predicted octanol–water partition coefficient (Wildman–Crippen LogP) is 7.15. The number of carbonyl (C=O) groups is 2. The van der Waals surface area contributed by atoms with Crippen molar-refractivity contribution in [2.24, 2.45) is 5.92 Å². The fourth-order valence-corrected chi connectivity index (χ4v) is 8.17. The molecule has 51 heavy (non-hydrogen) atoms. The molecule has 3 aromatic rings. The lowest BCUT2D eigenvalue weighted by molar-refractivity contribution is -0.255. The van der Waals surface area contributed by atoms with E-state index in [-0.39, 0.29) is 42.3 Å². The molecular weight excluding hydrogens is 640 g/mol. The average Bonchev–Trinajstić information content (AvgIpc) is 3.13. The molecule has 6 rings (SSSR count). The average molecular weight is 697 g/mol. The van der Waals surface area contributed by atoms with Gasteiger partial charge in [-0.2, -0.15) is 0 Å². The summed E-state index contributed by atoms with van der Waals surface area (Å²) in [5, 5.41) is 18.7. The number of aliphatic hydroxyl groups excluding tert-OH is 1. The molecule has 3 fully saturated rings. The van der Waals surface area contributed by atoms with Crippen molar-refractivity contribution < 1.29 is 24.2 Å². The first-order valence-corrected chi connectivity index (χ1v) is 18.9. The molecule has 3 aromatic carbocycles. The fourth-order valence-electron chi connectivity index (χ4n) is 8.17. The Bertz CT molecular complexity index is 1600. The van der Waals surface area contributed by atoms with Gasteiger partial charge in [0.25, 0.3) is 0 Å². The summed E-state index contributed by atoms with van der Waals surface area (Å²) in [4.78, 5) is 28.4. The maximum absolute atomic E-state index is 13.8. The number of fused-ring (bicyclic) bond motifs is 1. The normalized spacial score (nSPS) is 25.4. The Morgan fingerprint density at radius 3 is 2.31 bits per heavy atom. The van der Waals surface area contributed by atoms with Crippen molar-refractivity contribution in [2.75, 3.05) is 13.1 Å². The Hall–Kier alpha value is -3.76. The maximum atomic E-state index is 13.8. The molecule has 0 unspecified atom stereocenters. The summed E-state index contributed by atoms with van der Waals surface area (Å²) >= 11 is 0. The highest BCUT2D eigenvalue weighted by Gasteiger charge is 2.44. The second kappa shape index (κ2) is 16.7. The number of urea groups is 1. The van der Waals surface area contributed by atoms with Gasteiger partial charge in [0, 0.05) is 43.2 Å². The van der Waals surface area contributed by atoms with E-state index in [1.54, 1.807) is 0 Å². The van der Waals surface area contributed by atoms with Gasteiger partial charge in [-0.15, -0.1) is 0 Å². The van der Waals surface area contributed by atoms with Crippen LogP contribution in [0.25, 0.3) is 11.1 Å². The zero-order valence-corrected chi connectivity index (χ0v) is 30.7. The molecule has 9 nitrogen and oxygen atoms in total. The molecule has 1 saturated carbocycles. The number of likely N-dealkylation sites (tertiary alicyclic amines) is 1. The topological polar surface area (TPSA) is 112 Å². The Kier molecular flexibility index (Phi) is 12.1. The van der Waals surface area contributed by atoms with E-state index >= 15 is 0 Å². The third kappa shape index (κ3) is 9.38. The van der Waals surface area contributed by atoms with E-state index in [2.05, 4.69) is 51.2 Å². The van der Waals surface area contributed by atoms with Crippen molar-refractivity contribution in [1.82, 2.24) is 20.9 Å². The van der Waals surface area contributed by atoms with Gasteiger partial charge in [-0.1, -0.05) is 85.6 Å². The molecule has 3 amide bonds. The number of benzene rings is 3. The molecule has 4 N–H and O–H groups in total. The number of nitrogens with zero attached hydrogens (tertiary/aromatic N) is 1. The van der Waals surface area contributed by atoms with Crippen LogP contribution in [0.3, 0.4) is 0 Å². The van der Waals surface area contributed by atoms with Gasteiger partial charge in [0.05, 0.1) is 24.9 Å². The number of ether oxygens (including phenoxy) is 2. The number of hydrogen-bond donors (Lipinski definition) is 4. The molecule has 1 aliphatic carbocycles. The number of aliphatic hydroxyl groups is 1. The largest absolute Gasteiger partial charge is 0.392 e. The summed E-state index contributed by atoms with van der Waals surface area (Å²) in [6, 6.07) is 24.4. The number of hydrogen-bond acceptors (Lipinski definition) is 6. The third-order valence-electron chi connectivity index (χ3n) is 10.6. The van der Waals surface area contributed by atoms with Crippen LogP contribution in [-0.4, -0.2) is 58.8 Å². The summed E-state index contributed by atoms with van der Waals surface area (Å²) < 4.78 is 13.6. The van der Waals surface area contributed by atoms with Crippen molar-refractivity contribution in [1.29, 1.82) is 0 Å². The Balaban J connectivity index is 1.26. The highest BCUT2D eigenvalue weighted by molar-refractivity contribution is 5.82. The summed E-state index contributed by atoms with van der Waals surface area (Å²) in [6.07, 6.45) is 6.47. The molecule has 3 aliphatic rings. The minimum Gasteiger partial charge on any atom is -0.392 e. The van der Waals surface area contributed by atoms with E-state index in [0.29, 0.717) is 38.0 Å². The molecule has 2 aliphatic heterocycles. The number of nitrogens with one attached hydrogen (secondary N) is 3. The zero-order valence-electron chi connectivity index (χ0n) is 30.7. The summed E-state index contributed by atoms with van der Waals surface area (Å²) in [6.45, 7) is 9.69. The number of carbonyl (C=O) groups excluding carboxylic acids is 2. The van der Waals surface area contributed by atoms with Crippen LogP contribution in [0, 0.1) is 5.92 Å². The van der Waals surface area contributed by atoms with Gasteiger partial charge in [0.15, 0.2) is 6.29 Å². The lowest BCUT2D eigenvalue weighted by Gasteiger charge is -2.50. The molecule has 6 atom stereocenters. The first kappa shape index (κ1) is 37.0. The van der Waals surface area contributed by atoms with Gasteiger partial charge in [-0.05, 0) is 87.1 Å². The molecule has 0 aromatic heterocycles. The molecular formula is C42H56N4O5. The highest BCUT2D eigenvalue weighted by atomic mass is 16.7. The van der Waals surface area contributed by atoms with E-state index in [1.165, 1.54) is 19.3 Å². The second-order valence-corrected chi connectivity index (χ2v) is 15.5. The SMILES string of the molecule is CCNC(=O)NCc1ccccc1-c1ccc([C@@H]2O[C@H](CN3[C@@H](C(=O)NC(C)(C)C)CC[C@H]4CCCC[C@H]43)C[C@H](c3ccc(CO)cc3)O2)cc1. The Labute approximate surface area is 303 Å². The second-order valence-electron chi connectivity index (χ2n) is 15.5. The van der Waals surface area contributed by atoms with Crippen molar-refractivity contribution >= 4 is 11.9 Å². The Morgan fingerprint density at radius 2 is 1.59 bits per heavy atom. The fraction of sp³-hybridized carbons (Fsp3) is 0.524. The smallest absolute Gasteiger partial charge is 0.315 e. The van der Waals surface area contributed by atoms with Crippen molar-refractivity contribution in [3.63, 3.8) is 0 Å². The monoisotopic (exact) mass is 696 g/mol. The standard InChI is InChI=1S/C42H56N4O5/c1-5-43-41(49)44-25-33-11-6-8-12-35(33)29-18-20-32(21-19-29)40-50-34(24-38(51-40)31-16-14-28(27-47)15-17-31)26-46-36-13-9-7-10-30(36)22-23-37(46)39(48)45-42(2,3)4/h6,8,11-12,14-21,30,34,36-38,40,47H,5,7,9-10,13,22-27H2,1-4H3,(H,45,48)(H2,43,44,49)/t30-,34+,36-,37-,38-,40-/m1/s1. The third-order valence-corrected chi connectivity index (χ3v) is 10.6. The number of rotatable bonds is 10. The molecule has 2 saturated heterocycles. The van der Waals surface area contributed by atoms with E-state index in [9.17, 15) is 14.7 Å².